The first-order valence-corrected chi connectivity index (χ1v) is 7.91. The molecule has 7 heteroatoms. The first-order chi connectivity index (χ1) is 9.77. The number of amides is 1. The Bertz CT molecular complexity index is 644. The minimum absolute atomic E-state index is 0.0906. The van der Waals surface area contributed by atoms with Crippen molar-refractivity contribution in [1.82, 2.24) is 10.2 Å². The van der Waals surface area contributed by atoms with E-state index in [4.69, 9.17) is 23.2 Å². The van der Waals surface area contributed by atoms with E-state index in [0.717, 1.165) is 5.01 Å². The number of aromatic nitrogens is 2. The van der Waals surface area contributed by atoms with Crippen LogP contribution in [0.1, 0.15) is 31.3 Å². The molecule has 0 saturated carbocycles. The number of nitrogens with zero attached hydrogens (tertiary/aromatic N) is 2. The highest BCUT2D eigenvalue weighted by Gasteiger charge is 2.20. The van der Waals surface area contributed by atoms with Gasteiger partial charge in [-0.3, -0.25) is 4.79 Å². The average Bonchev–Trinajstić information content (AvgIpc) is 2.82. The van der Waals surface area contributed by atoms with Crippen LogP contribution < -0.4 is 5.32 Å². The number of halogens is 2. The van der Waals surface area contributed by atoms with Gasteiger partial charge in [-0.15, -0.1) is 10.2 Å². The van der Waals surface area contributed by atoms with Crippen LogP contribution in [0.3, 0.4) is 0 Å². The predicted octanol–water partition coefficient (Wildman–Crippen LogP) is 4.32. The van der Waals surface area contributed by atoms with Crippen molar-refractivity contribution in [1.29, 1.82) is 0 Å². The minimum atomic E-state index is -0.221. The molecule has 1 amide bonds. The van der Waals surface area contributed by atoms with Gasteiger partial charge in [0.2, 0.25) is 11.0 Å². The van der Waals surface area contributed by atoms with Crippen molar-refractivity contribution in [3.8, 4) is 0 Å². The van der Waals surface area contributed by atoms with Gasteiger partial charge in [0, 0.05) is 15.5 Å². The monoisotopic (exact) mass is 343 g/mol. The number of benzene rings is 1. The highest BCUT2D eigenvalue weighted by Crippen LogP contribution is 2.28. The van der Waals surface area contributed by atoms with E-state index in [2.05, 4.69) is 15.5 Å². The Balaban J connectivity index is 2.07. The second kappa shape index (κ2) is 6.30. The Morgan fingerprint density at radius 3 is 2.38 bits per heavy atom. The van der Waals surface area contributed by atoms with Crippen molar-refractivity contribution in [3.05, 3.63) is 38.8 Å². The van der Waals surface area contributed by atoms with E-state index in [0.29, 0.717) is 20.7 Å². The number of carbonyl (C=O) groups excluding carboxylic acids is 1. The van der Waals surface area contributed by atoms with Gasteiger partial charge >= 0.3 is 0 Å². The molecular weight excluding hydrogens is 329 g/mol. The van der Waals surface area contributed by atoms with Crippen molar-refractivity contribution in [2.45, 2.75) is 32.6 Å². The fraction of sp³-hybridized carbons (Fsp3) is 0.357. The molecule has 0 aliphatic rings. The predicted molar refractivity (Wildman–Crippen MR) is 87.4 cm³/mol. The molecule has 2 aromatic rings. The molecule has 0 aliphatic carbocycles. The lowest BCUT2D eigenvalue weighted by atomic mass is 9.98. The van der Waals surface area contributed by atoms with Gasteiger partial charge in [-0.1, -0.05) is 61.4 Å². The molecule has 0 aliphatic heterocycles. The van der Waals surface area contributed by atoms with Crippen molar-refractivity contribution in [2.75, 3.05) is 5.32 Å². The van der Waals surface area contributed by atoms with E-state index in [1.165, 1.54) is 11.3 Å². The quantitative estimate of drug-likeness (QED) is 0.902. The van der Waals surface area contributed by atoms with E-state index < -0.39 is 0 Å². The van der Waals surface area contributed by atoms with Crippen LogP contribution in [0.5, 0.6) is 0 Å². The highest BCUT2D eigenvalue weighted by atomic mass is 35.5. The molecule has 0 spiro atoms. The molecule has 2 rings (SSSR count). The van der Waals surface area contributed by atoms with E-state index in [1.807, 2.05) is 20.8 Å². The SMILES string of the molecule is CC(C)(C)c1nnc(NC(=O)Cc2c(Cl)cccc2Cl)s1. The lowest BCUT2D eigenvalue weighted by Crippen LogP contribution is -2.14. The summed E-state index contributed by atoms with van der Waals surface area (Å²) in [6.45, 7) is 6.13. The topological polar surface area (TPSA) is 54.9 Å². The number of carbonyl (C=O) groups is 1. The van der Waals surface area contributed by atoms with Gasteiger partial charge in [0.15, 0.2) is 0 Å². The van der Waals surface area contributed by atoms with E-state index in [9.17, 15) is 4.79 Å². The molecule has 112 valence electrons. The Morgan fingerprint density at radius 2 is 1.86 bits per heavy atom. The molecule has 0 radical (unpaired) electrons. The fourth-order valence-corrected chi connectivity index (χ4v) is 2.95. The molecule has 1 aromatic heterocycles. The van der Waals surface area contributed by atoms with E-state index in [1.54, 1.807) is 18.2 Å². The summed E-state index contributed by atoms with van der Waals surface area (Å²) in [6.07, 6.45) is 0.100. The minimum Gasteiger partial charge on any atom is -0.300 e. The van der Waals surface area contributed by atoms with Crippen LogP contribution in [0.25, 0.3) is 0 Å². The van der Waals surface area contributed by atoms with Crippen molar-refractivity contribution < 1.29 is 4.79 Å². The first-order valence-electron chi connectivity index (χ1n) is 6.34. The standard InChI is InChI=1S/C14H15Cl2N3OS/c1-14(2,3)12-18-19-13(21-12)17-11(20)7-8-9(15)5-4-6-10(8)16/h4-6H,7H2,1-3H3,(H,17,19,20). The Morgan fingerprint density at radius 1 is 1.24 bits per heavy atom. The highest BCUT2D eigenvalue weighted by molar-refractivity contribution is 7.15. The van der Waals surface area contributed by atoms with Gasteiger partial charge < -0.3 is 5.32 Å². The Hall–Kier alpha value is -1.17. The van der Waals surface area contributed by atoms with Gasteiger partial charge in [-0.05, 0) is 17.7 Å². The molecule has 21 heavy (non-hydrogen) atoms. The smallest absolute Gasteiger partial charge is 0.230 e. The van der Waals surface area contributed by atoms with E-state index >= 15 is 0 Å². The largest absolute Gasteiger partial charge is 0.300 e. The molecule has 0 bridgehead atoms. The molecule has 1 aromatic carbocycles. The van der Waals surface area contributed by atoms with Crippen LogP contribution in [0.15, 0.2) is 18.2 Å². The lowest BCUT2D eigenvalue weighted by Gasteiger charge is -2.12. The van der Waals surface area contributed by atoms with Crippen LogP contribution in [0.2, 0.25) is 10.0 Å². The summed E-state index contributed by atoms with van der Waals surface area (Å²) >= 11 is 13.5. The van der Waals surface area contributed by atoms with Crippen LogP contribution in [0.4, 0.5) is 5.13 Å². The van der Waals surface area contributed by atoms with Crippen LogP contribution in [-0.2, 0) is 16.6 Å². The summed E-state index contributed by atoms with van der Waals surface area (Å²) < 4.78 is 0. The zero-order valence-corrected chi connectivity index (χ0v) is 14.2. The number of hydrogen-bond donors (Lipinski definition) is 1. The van der Waals surface area contributed by atoms with Gasteiger partial charge in [-0.2, -0.15) is 0 Å². The third-order valence-corrected chi connectivity index (χ3v) is 4.68. The van der Waals surface area contributed by atoms with Crippen molar-refractivity contribution >= 4 is 45.6 Å². The maximum absolute atomic E-state index is 12.1. The van der Waals surface area contributed by atoms with Crippen LogP contribution >= 0.6 is 34.5 Å². The van der Waals surface area contributed by atoms with Crippen molar-refractivity contribution in [2.24, 2.45) is 0 Å². The summed E-state index contributed by atoms with van der Waals surface area (Å²) in [5.41, 5.74) is 0.520. The summed E-state index contributed by atoms with van der Waals surface area (Å²) in [4.78, 5) is 12.1. The Kier molecular flexibility index (Phi) is 4.86. The van der Waals surface area contributed by atoms with Gasteiger partial charge in [0.25, 0.3) is 0 Å². The molecular formula is C14H15Cl2N3OS. The van der Waals surface area contributed by atoms with E-state index in [-0.39, 0.29) is 17.7 Å². The number of rotatable bonds is 3. The van der Waals surface area contributed by atoms with Gasteiger partial charge in [0.05, 0.1) is 6.42 Å². The second-order valence-corrected chi connectivity index (χ2v) is 7.38. The summed E-state index contributed by atoms with van der Waals surface area (Å²) in [5.74, 6) is -0.221. The van der Waals surface area contributed by atoms with Crippen molar-refractivity contribution in [3.63, 3.8) is 0 Å². The molecule has 0 fully saturated rings. The second-order valence-electron chi connectivity index (χ2n) is 5.59. The number of hydrogen-bond acceptors (Lipinski definition) is 4. The van der Waals surface area contributed by atoms with Crippen LogP contribution in [0, 0.1) is 0 Å². The lowest BCUT2D eigenvalue weighted by molar-refractivity contribution is -0.115. The maximum atomic E-state index is 12.1. The molecule has 1 N–H and O–H groups in total. The zero-order chi connectivity index (χ0) is 15.6. The molecule has 1 heterocycles. The molecule has 4 nitrogen and oxygen atoms in total. The van der Waals surface area contributed by atoms with Crippen LogP contribution in [-0.4, -0.2) is 16.1 Å². The number of anilines is 1. The molecule has 0 atom stereocenters. The molecule has 0 saturated heterocycles. The fourth-order valence-electron chi connectivity index (χ4n) is 1.60. The summed E-state index contributed by atoms with van der Waals surface area (Å²) in [5, 5.41) is 13.1. The zero-order valence-electron chi connectivity index (χ0n) is 11.9. The van der Waals surface area contributed by atoms with Gasteiger partial charge in [0.1, 0.15) is 5.01 Å². The maximum Gasteiger partial charge on any atom is 0.230 e. The average molecular weight is 344 g/mol. The normalized spacial score (nSPS) is 11.5. The third-order valence-electron chi connectivity index (χ3n) is 2.71. The Labute approximate surface area is 137 Å². The third kappa shape index (κ3) is 4.15. The number of nitrogens with one attached hydrogen (secondary N) is 1. The molecule has 0 unspecified atom stereocenters. The van der Waals surface area contributed by atoms with Gasteiger partial charge in [-0.25, -0.2) is 0 Å². The summed E-state index contributed by atoms with van der Waals surface area (Å²) in [7, 11) is 0. The first kappa shape index (κ1) is 16.2. The summed E-state index contributed by atoms with van der Waals surface area (Å²) in [6, 6.07) is 5.16.